The van der Waals surface area contributed by atoms with Gasteiger partial charge in [0.05, 0.1) is 0 Å². The monoisotopic (exact) mass is 468 g/mol. The highest BCUT2D eigenvalue weighted by Gasteiger charge is 1.96. The quantitative estimate of drug-likeness (QED) is 0.208. The Morgan fingerprint density at radius 1 is 0.636 bits per heavy atom. The van der Waals surface area contributed by atoms with Crippen molar-refractivity contribution in [2.24, 2.45) is 5.73 Å². The molecule has 192 valence electrons. The van der Waals surface area contributed by atoms with E-state index in [4.69, 9.17) is 27.7 Å². The molecule has 0 spiro atoms. The van der Waals surface area contributed by atoms with Crippen molar-refractivity contribution in [3.8, 4) is 0 Å². The SMILES string of the molecule is C=O.CCCCCCCCCCCCCCCCCCNC(N)=O.Nc1nc(N)nc(N)n1. The average Bonchev–Trinajstić information content (AvgIpc) is 2.76. The maximum absolute atomic E-state index is 10.5. The van der Waals surface area contributed by atoms with Crippen LogP contribution in [0.15, 0.2) is 0 Å². The standard InChI is InChI=1S/C19H40N2O.C3H6N6.CH2O/c1-2-3-4-5-6-7-8-9-10-11-12-13-14-15-16-17-18-21-19(20)22;4-1-7-2(5)9-3(6)8-1;1-2/h2-18H2,1H3,(H3,20,21,22);(H6,4,5,6,7,8,9);1H2. The summed E-state index contributed by atoms with van der Waals surface area (Å²) in [5, 5.41) is 2.63. The first kappa shape index (κ1) is 32.5. The molecule has 1 aromatic rings. The first-order valence-corrected chi connectivity index (χ1v) is 12.3. The normalized spacial score (nSPS) is 9.85. The molecule has 0 saturated heterocycles. The van der Waals surface area contributed by atoms with E-state index >= 15 is 0 Å². The Morgan fingerprint density at radius 3 is 1.18 bits per heavy atom. The second kappa shape index (κ2) is 25.6. The zero-order valence-electron chi connectivity index (χ0n) is 20.7. The van der Waals surface area contributed by atoms with Crippen molar-refractivity contribution >= 4 is 30.7 Å². The molecule has 10 nitrogen and oxygen atoms in total. The molecule has 0 aliphatic carbocycles. The van der Waals surface area contributed by atoms with Gasteiger partial charge in [-0.15, -0.1) is 0 Å². The van der Waals surface area contributed by atoms with E-state index in [-0.39, 0.29) is 17.8 Å². The molecule has 0 saturated carbocycles. The minimum Gasteiger partial charge on any atom is -0.368 e. The molecular formula is C23H48N8O2. The fourth-order valence-electron chi connectivity index (χ4n) is 3.31. The van der Waals surface area contributed by atoms with Gasteiger partial charge in [-0.2, -0.15) is 15.0 Å². The van der Waals surface area contributed by atoms with Crippen LogP contribution in [0, 0.1) is 0 Å². The van der Waals surface area contributed by atoms with Gasteiger partial charge in [-0.25, -0.2) is 4.79 Å². The third-order valence-electron chi connectivity index (χ3n) is 5.02. The summed E-state index contributed by atoms with van der Waals surface area (Å²) < 4.78 is 0. The van der Waals surface area contributed by atoms with E-state index in [1.807, 2.05) is 6.79 Å². The third kappa shape index (κ3) is 27.3. The van der Waals surface area contributed by atoms with Crippen LogP contribution in [0.5, 0.6) is 0 Å². The van der Waals surface area contributed by atoms with Crippen molar-refractivity contribution in [3.63, 3.8) is 0 Å². The maximum atomic E-state index is 10.5. The molecule has 0 unspecified atom stereocenters. The summed E-state index contributed by atoms with van der Waals surface area (Å²) in [7, 11) is 0. The number of urea groups is 1. The van der Waals surface area contributed by atoms with E-state index in [0.29, 0.717) is 0 Å². The predicted molar refractivity (Wildman–Crippen MR) is 137 cm³/mol. The van der Waals surface area contributed by atoms with Gasteiger partial charge < -0.3 is 33.0 Å². The molecule has 0 fully saturated rings. The molecule has 0 aliphatic heterocycles. The van der Waals surface area contributed by atoms with Gasteiger partial charge >= 0.3 is 6.03 Å². The van der Waals surface area contributed by atoms with Gasteiger partial charge in [-0.1, -0.05) is 103 Å². The maximum Gasteiger partial charge on any atom is 0.312 e. The Bertz CT molecular complexity index is 525. The highest BCUT2D eigenvalue weighted by molar-refractivity contribution is 5.71. The van der Waals surface area contributed by atoms with E-state index < -0.39 is 6.03 Å². The highest BCUT2D eigenvalue weighted by Crippen LogP contribution is 2.13. The summed E-state index contributed by atoms with van der Waals surface area (Å²) in [4.78, 5) is 28.9. The molecule has 0 bridgehead atoms. The summed E-state index contributed by atoms with van der Waals surface area (Å²) >= 11 is 0. The largest absolute Gasteiger partial charge is 0.368 e. The fourth-order valence-corrected chi connectivity index (χ4v) is 3.31. The van der Waals surface area contributed by atoms with E-state index in [1.54, 1.807) is 0 Å². The number of nitrogens with one attached hydrogen (secondary N) is 1. The Labute approximate surface area is 200 Å². The Balaban J connectivity index is 0. The molecule has 1 heterocycles. The number of primary amides is 1. The summed E-state index contributed by atoms with van der Waals surface area (Å²) in [5.41, 5.74) is 20.4. The lowest BCUT2D eigenvalue weighted by atomic mass is 10.0. The van der Waals surface area contributed by atoms with E-state index in [9.17, 15) is 4.79 Å². The number of nitrogens with zero attached hydrogens (tertiary/aromatic N) is 3. The number of nitrogen functional groups attached to an aromatic ring is 3. The number of hydrogen-bond donors (Lipinski definition) is 5. The van der Waals surface area contributed by atoms with Gasteiger partial charge in [0.15, 0.2) is 0 Å². The number of rotatable bonds is 17. The molecule has 10 heteroatoms. The molecule has 0 atom stereocenters. The minimum absolute atomic E-state index is 0.0417. The fraction of sp³-hybridized carbons (Fsp3) is 0.783. The highest BCUT2D eigenvalue weighted by atomic mass is 16.2. The Hall–Kier alpha value is -2.65. The van der Waals surface area contributed by atoms with Crippen molar-refractivity contribution in [2.75, 3.05) is 23.7 Å². The number of amides is 2. The van der Waals surface area contributed by atoms with Crippen molar-refractivity contribution in [1.29, 1.82) is 0 Å². The Morgan fingerprint density at radius 2 is 0.909 bits per heavy atom. The molecule has 0 aliphatic rings. The van der Waals surface area contributed by atoms with Crippen LogP contribution in [0.2, 0.25) is 0 Å². The van der Waals surface area contributed by atoms with Crippen molar-refractivity contribution < 1.29 is 9.59 Å². The molecule has 2 amide bonds. The first-order valence-electron chi connectivity index (χ1n) is 12.3. The zero-order valence-corrected chi connectivity index (χ0v) is 20.7. The van der Waals surface area contributed by atoms with Crippen LogP contribution >= 0.6 is 0 Å². The number of aromatic nitrogens is 3. The van der Waals surface area contributed by atoms with Crippen LogP contribution in [0.3, 0.4) is 0 Å². The van der Waals surface area contributed by atoms with Gasteiger partial charge in [0, 0.05) is 6.54 Å². The van der Waals surface area contributed by atoms with Crippen LogP contribution in [-0.4, -0.2) is 34.3 Å². The van der Waals surface area contributed by atoms with E-state index in [2.05, 4.69) is 27.2 Å². The van der Waals surface area contributed by atoms with Gasteiger partial charge in [-0.05, 0) is 6.42 Å². The third-order valence-corrected chi connectivity index (χ3v) is 5.02. The molecular weight excluding hydrogens is 420 g/mol. The number of carbonyl (C=O) groups is 2. The van der Waals surface area contributed by atoms with Crippen LogP contribution in [0.1, 0.15) is 110 Å². The minimum atomic E-state index is -0.402. The number of carbonyl (C=O) groups excluding carboxylic acids is 2. The van der Waals surface area contributed by atoms with Crippen LogP contribution < -0.4 is 28.3 Å². The van der Waals surface area contributed by atoms with Crippen LogP contribution in [-0.2, 0) is 4.79 Å². The van der Waals surface area contributed by atoms with Gasteiger partial charge in [0.25, 0.3) is 0 Å². The predicted octanol–water partition coefficient (Wildman–Crippen LogP) is 4.35. The summed E-state index contributed by atoms with van der Waals surface area (Å²) in [5.74, 6) is 0.125. The number of anilines is 3. The molecule has 0 aromatic carbocycles. The summed E-state index contributed by atoms with van der Waals surface area (Å²) in [6.07, 6.45) is 21.9. The van der Waals surface area contributed by atoms with Crippen LogP contribution in [0.25, 0.3) is 0 Å². The van der Waals surface area contributed by atoms with Crippen LogP contribution in [0.4, 0.5) is 22.6 Å². The van der Waals surface area contributed by atoms with Gasteiger partial charge in [-0.3, -0.25) is 0 Å². The van der Waals surface area contributed by atoms with E-state index in [1.165, 1.54) is 96.3 Å². The zero-order chi connectivity index (χ0) is 25.2. The summed E-state index contributed by atoms with van der Waals surface area (Å²) in [6.45, 7) is 5.01. The summed E-state index contributed by atoms with van der Waals surface area (Å²) in [6, 6.07) is -0.402. The number of unbranched alkanes of at least 4 members (excludes halogenated alkanes) is 15. The van der Waals surface area contributed by atoms with Crippen molar-refractivity contribution in [3.05, 3.63) is 0 Å². The smallest absolute Gasteiger partial charge is 0.312 e. The van der Waals surface area contributed by atoms with E-state index in [0.717, 1.165) is 13.0 Å². The first-order chi connectivity index (χ1) is 16.0. The van der Waals surface area contributed by atoms with Crippen molar-refractivity contribution in [2.45, 2.75) is 110 Å². The molecule has 33 heavy (non-hydrogen) atoms. The molecule has 0 radical (unpaired) electrons. The Kier molecular flexibility index (Phi) is 25.2. The topological polar surface area (TPSA) is 189 Å². The lowest BCUT2D eigenvalue weighted by Crippen LogP contribution is -2.29. The molecule has 1 aromatic heterocycles. The van der Waals surface area contributed by atoms with Crippen molar-refractivity contribution in [1.82, 2.24) is 20.3 Å². The van der Waals surface area contributed by atoms with Gasteiger partial charge in [0.2, 0.25) is 17.8 Å². The van der Waals surface area contributed by atoms with Gasteiger partial charge in [0.1, 0.15) is 6.79 Å². The molecule has 1 rings (SSSR count). The lowest BCUT2D eigenvalue weighted by Gasteiger charge is -2.04. The molecule has 9 N–H and O–H groups in total. The number of hydrogen-bond acceptors (Lipinski definition) is 8. The average molecular weight is 469 g/mol. The second-order valence-corrected chi connectivity index (χ2v) is 8.00. The lowest BCUT2D eigenvalue weighted by molar-refractivity contribution is -0.0980. The second-order valence-electron chi connectivity index (χ2n) is 8.00. The number of nitrogens with two attached hydrogens (primary N) is 4.